The summed E-state index contributed by atoms with van der Waals surface area (Å²) in [7, 11) is 0. The number of amides is 2. The first-order chi connectivity index (χ1) is 11.5. The zero-order valence-electron chi connectivity index (χ0n) is 13.3. The maximum atomic E-state index is 12.2. The molecule has 2 amide bonds. The molecule has 6 heteroatoms. The molecule has 0 bridgehead atoms. The molecule has 0 unspecified atom stereocenters. The summed E-state index contributed by atoms with van der Waals surface area (Å²) in [5.74, 6) is -0.424. The van der Waals surface area contributed by atoms with Gasteiger partial charge in [0.25, 0.3) is 0 Å². The molecule has 0 fully saturated rings. The molecule has 0 aliphatic carbocycles. The van der Waals surface area contributed by atoms with E-state index < -0.39 is 0 Å². The van der Waals surface area contributed by atoms with E-state index in [9.17, 15) is 9.59 Å². The Morgan fingerprint density at radius 1 is 1.04 bits per heavy atom. The van der Waals surface area contributed by atoms with E-state index >= 15 is 0 Å². The van der Waals surface area contributed by atoms with Crippen molar-refractivity contribution in [2.24, 2.45) is 0 Å². The molecule has 0 spiro atoms. The molecule has 1 N–H and O–H groups in total. The average molecular weight is 365 g/mol. The fourth-order valence-electron chi connectivity index (χ4n) is 2.20. The van der Waals surface area contributed by atoms with E-state index in [1.54, 1.807) is 18.2 Å². The molecule has 24 heavy (non-hydrogen) atoms. The van der Waals surface area contributed by atoms with Gasteiger partial charge in [0, 0.05) is 19.2 Å². The first-order valence-corrected chi connectivity index (χ1v) is 8.25. The van der Waals surface area contributed by atoms with Crippen molar-refractivity contribution in [1.29, 1.82) is 0 Å². The molecule has 4 nitrogen and oxygen atoms in total. The van der Waals surface area contributed by atoms with E-state index in [-0.39, 0.29) is 18.4 Å². The Bertz CT molecular complexity index is 720. The van der Waals surface area contributed by atoms with Crippen LogP contribution in [0.25, 0.3) is 0 Å². The predicted octanol–water partition coefficient (Wildman–Crippen LogP) is 4.02. The minimum Gasteiger partial charge on any atom is -0.333 e. The molecule has 126 valence electrons. The molecule has 0 aromatic heterocycles. The van der Waals surface area contributed by atoms with Gasteiger partial charge in [0.1, 0.15) is 0 Å². The van der Waals surface area contributed by atoms with Crippen molar-refractivity contribution in [2.75, 3.05) is 18.4 Å². The van der Waals surface area contributed by atoms with E-state index in [1.165, 1.54) is 11.8 Å². The van der Waals surface area contributed by atoms with Crippen LogP contribution in [0.4, 0.5) is 5.69 Å². The van der Waals surface area contributed by atoms with Gasteiger partial charge < -0.3 is 10.2 Å². The summed E-state index contributed by atoms with van der Waals surface area (Å²) in [6.45, 7) is 1.92. The SMILES string of the molecule is CC(=O)N(CCc1ccccc1)CC(=O)Nc1ccc(Cl)c(Cl)c1. The lowest BCUT2D eigenvalue weighted by Crippen LogP contribution is -2.38. The van der Waals surface area contributed by atoms with Crippen molar-refractivity contribution in [3.63, 3.8) is 0 Å². The van der Waals surface area contributed by atoms with Crippen molar-refractivity contribution in [2.45, 2.75) is 13.3 Å². The first-order valence-electron chi connectivity index (χ1n) is 7.50. The Hall–Kier alpha value is -2.04. The third kappa shape index (κ3) is 5.55. The van der Waals surface area contributed by atoms with Crippen LogP contribution in [0.15, 0.2) is 48.5 Å². The second-order valence-electron chi connectivity index (χ2n) is 5.35. The van der Waals surface area contributed by atoms with Crippen LogP contribution >= 0.6 is 23.2 Å². The van der Waals surface area contributed by atoms with Crippen molar-refractivity contribution in [3.05, 3.63) is 64.1 Å². The number of benzene rings is 2. The van der Waals surface area contributed by atoms with E-state index in [0.29, 0.717) is 28.7 Å². The minimum absolute atomic E-state index is 0.0115. The third-order valence-electron chi connectivity index (χ3n) is 3.50. The predicted molar refractivity (Wildman–Crippen MR) is 97.5 cm³/mol. The highest BCUT2D eigenvalue weighted by atomic mass is 35.5. The summed E-state index contributed by atoms with van der Waals surface area (Å²) in [6, 6.07) is 14.7. The summed E-state index contributed by atoms with van der Waals surface area (Å²) in [5.41, 5.74) is 1.66. The maximum Gasteiger partial charge on any atom is 0.243 e. The van der Waals surface area contributed by atoms with Crippen LogP contribution in [0.1, 0.15) is 12.5 Å². The Morgan fingerprint density at radius 3 is 2.38 bits per heavy atom. The van der Waals surface area contributed by atoms with Crippen LogP contribution in [0, 0.1) is 0 Å². The highest BCUT2D eigenvalue weighted by molar-refractivity contribution is 6.42. The molecule has 0 heterocycles. The molecular formula is C18H18Cl2N2O2. The number of hydrogen-bond acceptors (Lipinski definition) is 2. The molecule has 0 radical (unpaired) electrons. The van der Waals surface area contributed by atoms with Gasteiger partial charge in [0.05, 0.1) is 16.6 Å². The van der Waals surface area contributed by atoms with E-state index in [1.807, 2.05) is 30.3 Å². The Balaban J connectivity index is 1.92. The molecule has 2 aromatic carbocycles. The quantitative estimate of drug-likeness (QED) is 0.841. The van der Waals surface area contributed by atoms with Gasteiger partial charge in [-0.15, -0.1) is 0 Å². The number of carbonyl (C=O) groups is 2. The van der Waals surface area contributed by atoms with Crippen molar-refractivity contribution in [3.8, 4) is 0 Å². The normalized spacial score (nSPS) is 10.3. The Labute approximate surface area is 151 Å². The zero-order chi connectivity index (χ0) is 17.5. The fourth-order valence-corrected chi connectivity index (χ4v) is 2.50. The molecule has 0 aliphatic heterocycles. The van der Waals surface area contributed by atoms with E-state index in [4.69, 9.17) is 23.2 Å². The number of hydrogen-bond donors (Lipinski definition) is 1. The zero-order valence-corrected chi connectivity index (χ0v) is 14.8. The monoisotopic (exact) mass is 364 g/mol. The summed E-state index contributed by atoms with van der Waals surface area (Å²) in [6.07, 6.45) is 0.695. The first kappa shape index (κ1) is 18.3. The minimum atomic E-state index is -0.281. The standard InChI is InChI=1S/C18H18Cl2N2O2/c1-13(23)22(10-9-14-5-3-2-4-6-14)12-18(24)21-15-7-8-16(19)17(20)11-15/h2-8,11H,9-10,12H2,1H3,(H,21,24). The van der Waals surface area contributed by atoms with Crippen LogP contribution in [-0.4, -0.2) is 29.8 Å². The van der Waals surface area contributed by atoms with Crippen LogP contribution < -0.4 is 5.32 Å². The number of nitrogens with zero attached hydrogens (tertiary/aromatic N) is 1. The highest BCUT2D eigenvalue weighted by Crippen LogP contribution is 2.24. The summed E-state index contributed by atoms with van der Waals surface area (Å²) in [5, 5.41) is 3.50. The average Bonchev–Trinajstić information content (AvgIpc) is 2.55. The summed E-state index contributed by atoms with van der Waals surface area (Å²) < 4.78 is 0. The van der Waals surface area contributed by atoms with Crippen LogP contribution in [-0.2, 0) is 16.0 Å². The van der Waals surface area contributed by atoms with Gasteiger partial charge in [-0.1, -0.05) is 53.5 Å². The van der Waals surface area contributed by atoms with Crippen molar-refractivity contribution >= 4 is 40.7 Å². The van der Waals surface area contributed by atoms with E-state index in [0.717, 1.165) is 5.56 Å². The molecule has 0 aliphatic rings. The van der Waals surface area contributed by atoms with Gasteiger partial charge in [-0.05, 0) is 30.2 Å². The van der Waals surface area contributed by atoms with Crippen LogP contribution in [0.3, 0.4) is 0 Å². The second-order valence-corrected chi connectivity index (χ2v) is 6.17. The lowest BCUT2D eigenvalue weighted by molar-refractivity contribution is -0.132. The van der Waals surface area contributed by atoms with Crippen molar-refractivity contribution in [1.82, 2.24) is 4.90 Å². The van der Waals surface area contributed by atoms with Gasteiger partial charge in [-0.3, -0.25) is 9.59 Å². The third-order valence-corrected chi connectivity index (χ3v) is 4.24. The lowest BCUT2D eigenvalue weighted by Gasteiger charge is -2.20. The fraction of sp³-hybridized carbons (Fsp3) is 0.222. The highest BCUT2D eigenvalue weighted by Gasteiger charge is 2.14. The summed E-state index contributed by atoms with van der Waals surface area (Å²) >= 11 is 11.8. The summed E-state index contributed by atoms with van der Waals surface area (Å²) in [4.78, 5) is 25.4. The molecule has 2 rings (SSSR count). The smallest absolute Gasteiger partial charge is 0.243 e. The maximum absolute atomic E-state index is 12.2. The molecule has 0 saturated carbocycles. The number of halogens is 2. The number of anilines is 1. The van der Waals surface area contributed by atoms with Crippen LogP contribution in [0.5, 0.6) is 0 Å². The van der Waals surface area contributed by atoms with Gasteiger partial charge in [-0.25, -0.2) is 0 Å². The van der Waals surface area contributed by atoms with Crippen molar-refractivity contribution < 1.29 is 9.59 Å². The molecular weight excluding hydrogens is 347 g/mol. The largest absolute Gasteiger partial charge is 0.333 e. The van der Waals surface area contributed by atoms with Gasteiger partial charge in [0.15, 0.2) is 0 Å². The molecule has 0 atom stereocenters. The van der Waals surface area contributed by atoms with Gasteiger partial charge in [-0.2, -0.15) is 0 Å². The number of carbonyl (C=O) groups excluding carboxylic acids is 2. The van der Waals surface area contributed by atoms with Crippen LogP contribution in [0.2, 0.25) is 10.0 Å². The number of rotatable bonds is 6. The Kier molecular flexibility index (Phi) is 6.64. The topological polar surface area (TPSA) is 49.4 Å². The lowest BCUT2D eigenvalue weighted by atomic mass is 10.1. The molecule has 0 saturated heterocycles. The van der Waals surface area contributed by atoms with Gasteiger partial charge in [0.2, 0.25) is 11.8 Å². The molecule has 2 aromatic rings. The number of nitrogens with one attached hydrogen (secondary N) is 1. The second kappa shape index (κ2) is 8.71. The van der Waals surface area contributed by atoms with E-state index in [2.05, 4.69) is 5.32 Å². The Morgan fingerprint density at radius 2 is 1.75 bits per heavy atom. The van der Waals surface area contributed by atoms with Gasteiger partial charge >= 0.3 is 0 Å².